The number of ether oxygens (including phenoxy) is 1. The molecule has 2 rings (SSSR count). The Morgan fingerprint density at radius 2 is 1.57 bits per heavy atom. The van der Waals surface area contributed by atoms with E-state index in [0.29, 0.717) is 11.3 Å². The van der Waals surface area contributed by atoms with E-state index in [4.69, 9.17) is 4.74 Å². The average Bonchev–Trinajstić information content (AvgIpc) is 2.50. The Balaban J connectivity index is 2.20. The molecule has 2 amide bonds. The second-order valence-corrected chi connectivity index (χ2v) is 5.39. The summed E-state index contributed by atoms with van der Waals surface area (Å²) in [4.78, 5) is 24.0. The maximum Gasteiger partial charge on any atom is 0.339 e. The lowest BCUT2D eigenvalue weighted by Crippen LogP contribution is -2.22. The fraction of sp³-hybridized carbons (Fsp3) is 0.222. The van der Waals surface area contributed by atoms with E-state index in [1.165, 1.54) is 7.11 Å². The highest BCUT2D eigenvalue weighted by atomic mass is 16.5. The quantitative estimate of drug-likeness (QED) is 0.840. The lowest BCUT2D eigenvalue weighted by atomic mass is 10.1. The highest BCUT2D eigenvalue weighted by molar-refractivity contribution is 6.05. The fourth-order valence-electron chi connectivity index (χ4n) is 2.52. The molecule has 0 unspecified atom stereocenters. The van der Waals surface area contributed by atoms with E-state index in [0.717, 1.165) is 22.4 Å². The first-order chi connectivity index (χ1) is 10.9. The summed E-state index contributed by atoms with van der Waals surface area (Å²) in [5, 5.41) is 5.53. The molecule has 2 aromatic rings. The van der Waals surface area contributed by atoms with Gasteiger partial charge in [0.25, 0.3) is 0 Å². The monoisotopic (exact) mass is 312 g/mol. The smallest absolute Gasteiger partial charge is 0.339 e. The lowest BCUT2D eigenvalue weighted by molar-refractivity contribution is 0.0602. The van der Waals surface area contributed by atoms with Crippen molar-refractivity contribution in [2.24, 2.45) is 0 Å². The molecule has 0 aliphatic carbocycles. The number of carbonyl (C=O) groups is 2. The van der Waals surface area contributed by atoms with Gasteiger partial charge in [-0.3, -0.25) is 0 Å². The van der Waals surface area contributed by atoms with Crippen molar-refractivity contribution >= 4 is 23.4 Å². The summed E-state index contributed by atoms with van der Waals surface area (Å²) in [6.07, 6.45) is 0. The highest BCUT2D eigenvalue weighted by Gasteiger charge is 2.14. The summed E-state index contributed by atoms with van der Waals surface area (Å²) in [5.74, 6) is -0.497. The van der Waals surface area contributed by atoms with E-state index in [1.54, 1.807) is 24.3 Å². The number of esters is 1. The van der Waals surface area contributed by atoms with Gasteiger partial charge in [-0.25, -0.2) is 9.59 Å². The summed E-state index contributed by atoms with van der Waals surface area (Å²) in [6, 6.07) is 10.3. The maximum atomic E-state index is 12.3. The van der Waals surface area contributed by atoms with E-state index in [1.807, 2.05) is 32.9 Å². The van der Waals surface area contributed by atoms with Crippen molar-refractivity contribution < 1.29 is 14.3 Å². The van der Waals surface area contributed by atoms with Gasteiger partial charge in [-0.1, -0.05) is 29.8 Å². The summed E-state index contributed by atoms with van der Waals surface area (Å²) in [6.45, 7) is 5.90. The number of rotatable bonds is 3. The van der Waals surface area contributed by atoms with Gasteiger partial charge in [-0.05, 0) is 44.0 Å². The van der Waals surface area contributed by atoms with Crippen molar-refractivity contribution in [3.63, 3.8) is 0 Å². The lowest BCUT2D eigenvalue weighted by Gasteiger charge is -2.14. The number of nitrogens with one attached hydrogen (secondary N) is 2. The van der Waals surface area contributed by atoms with Crippen LogP contribution in [0.25, 0.3) is 0 Å². The first-order valence-electron chi connectivity index (χ1n) is 7.25. The summed E-state index contributed by atoms with van der Waals surface area (Å²) < 4.78 is 4.72. The number of para-hydroxylation sites is 1. The number of carbonyl (C=O) groups excluding carboxylic acids is 2. The summed E-state index contributed by atoms with van der Waals surface area (Å²) in [5.41, 5.74) is 4.59. The van der Waals surface area contributed by atoms with Gasteiger partial charge in [0.1, 0.15) is 0 Å². The van der Waals surface area contributed by atoms with Crippen molar-refractivity contribution in [3.8, 4) is 0 Å². The number of methoxy groups -OCH3 is 1. The predicted molar refractivity (Wildman–Crippen MR) is 91.1 cm³/mol. The number of hydrogen-bond donors (Lipinski definition) is 2. The van der Waals surface area contributed by atoms with Crippen LogP contribution in [-0.4, -0.2) is 19.1 Å². The van der Waals surface area contributed by atoms with Gasteiger partial charge < -0.3 is 15.4 Å². The van der Waals surface area contributed by atoms with Gasteiger partial charge in [-0.2, -0.15) is 0 Å². The van der Waals surface area contributed by atoms with E-state index < -0.39 is 12.0 Å². The van der Waals surface area contributed by atoms with Crippen molar-refractivity contribution in [1.29, 1.82) is 0 Å². The van der Waals surface area contributed by atoms with Gasteiger partial charge in [0.15, 0.2) is 0 Å². The number of benzene rings is 2. The Morgan fingerprint density at radius 1 is 0.957 bits per heavy atom. The molecule has 0 aliphatic rings. The maximum absolute atomic E-state index is 12.3. The molecule has 0 heterocycles. The molecule has 0 bridgehead atoms. The van der Waals surface area contributed by atoms with Crippen LogP contribution >= 0.6 is 0 Å². The Hall–Kier alpha value is -2.82. The van der Waals surface area contributed by atoms with Gasteiger partial charge >= 0.3 is 12.0 Å². The van der Waals surface area contributed by atoms with E-state index in [-0.39, 0.29) is 0 Å². The first kappa shape index (κ1) is 16.5. The number of anilines is 2. The highest BCUT2D eigenvalue weighted by Crippen LogP contribution is 2.23. The molecule has 0 saturated carbocycles. The summed E-state index contributed by atoms with van der Waals surface area (Å²) in [7, 11) is 1.30. The molecule has 2 N–H and O–H groups in total. The second-order valence-electron chi connectivity index (χ2n) is 5.39. The van der Waals surface area contributed by atoms with Crippen molar-refractivity contribution in [2.45, 2.75) is 20.8 Å². The Morgan fingerprint density at radius 3 is 2.17 bits per heavy atom. The zero-order valence-electron chi connectivity index (χ0n) is 13.7. The van der Waals surface area contributed by atoms with Crippen molar-refractivity contribution in [1.82, 2.24) is 0 Å². The van der Waals surface area contributed by atoms with Gasteiger partial charge in [-0.15, -0.1) is 0 Å². The minimum atomic E-state index is -0.497. The third kappa shape index (κ3) is 3.88. The molecular formula is C18H20N2O3. The van der Waals surface area contributed by atoms with Gasteiger partial charge in [0, 0.05) is 5.69 Å². The topological polar surface area (TPSA) is 67.4 Å². The zero-order valence-corrected chi connectivity index (χ0v) is 13.7. The minimum absolute atomic E-state index is 0.308. The van der Waals surface area contributed by atoms with Crippen LogP contribution in [0, 0.1) is 20.8 Å². The largest absolute Gasteiger partial charge is 0.465 e. The van der Waals surface area contributed by atoms with Crippen LogP contribution in [0.5, 0.6) is 0 Å². The van der Waals surface area contributed by atoms with E-state index >= 15 is 0 Å². The molecule has 0 saturated heterocycles. The van der Waals surface area contributed by atoms with Crippen LogP contribution in [0.15, 0.2) is 36.4 Å². The molecule has 0 fully saturated rings. The number of urea groups is 1. The van der Waals surface area contributed by atoms with Crippen LogP contribution in [0.3, 0.4) is 0 Å². The van der Waals surface area contributed by atoms with E-state index in [2.05, 4.69) is 10.6 Å². The van der Waals surface area contributed by atoms with Crippen LogP contribution in [0.1, 0.15) is 27.0 Å². The molecule has 0 aliphatic heterocycles. The zero-order chi connectivity index (χ0) is 17.0. The molecule has 0 spiro atoms. The SMILES string of the molecule is COC(=O)c1ccccc1NC(=O)Nc1c(C)cc(C)cc1C. The minimum Gasteiger partial charge on any atom is -0.465 e. The standard InChI is InChI=1S/C18H20N2O3/c1-11-9-12(2)16(13(3)10-11)20-18(22)19-15-8-6-5-7-14(15)17(21)23-4/h5-10H,1-4H3,(H2,19,20,22). The number of amides is 2. The first-order valence-corrected chi connectivity index (χ1v) is 7.25. The van der Waals surface area contributed by atoms with Crippen LogP contribution in [-0.2, 0) is 4.74 Å². The fourth-order valence-corrected chi connectivity index (χ4v) is 2.52. The van der Waals surface area contributed by atoms with Gasteiger partial charge in [0.2, 0.25) is 0 Å². The average molecular weight is 312 g/mol. The van der Waals surface area contributed by atoms with E-state index in [9.17, 15) is 9.59 Å². The molecule has 5 heteroatoms. The number of aryl methyl sites for hydroxylation is 3. The van der Waals surface area contributed by atoms with Crippen LogP contribution in [0.4, 0.5) is 16.2 Å². The van der Waals surface area contributed by atoms with Crippen LogP contribution in [0.2, 0.25) is 0 Å². The van der Waals surface area contributed by atoms with Crippen molar-refractivity contribution in [2.75, 3.05) is 17.7 Å². The third-order valence-electron chi connectivity index (χ3n) is 3.50. The Bertz CT molecular complexity index is 731. The summed E-state index contributed by atoms with van der Waals surface area (Å²) >= 11 is 0. The molecular weight excluding hydrogens is 292 g/mol. The number of hydrogen-bond acceptors (Lipinski definition) is 3. The molecule has 0 atom stereocenters. The molecule has 0 radical (unpaired) electrons. The predicted octanol–water partition coefficient (Wildman–Crippen LogP) is 4.04. The molecule has 2 aromatic carbocycles. The third-order valence-corrected chi connectivity index (χ3v) is 3.50. The molecule has 5 nitrogen and oxygen atoms in total. The second kappa shape index (κ2) is 6.96. The molecule has 120 valence electrons. The molecule has 23 heavy (non-hydrogen) atoms. The molecule has 0 aromatic heterocycles. The van der Waals surface area contributed by atoms with Crippen LogP contribution < -0.4 is 10.6 Å². The van der Waals surface area contributed by atoms with Gasteiger partial charge in [0.05, 0.1) is 18.4 Å². The normalized spacial score (nSPS) is 10.1. The Kier molecular flexibility index (Phi) is 5.01. The van der Waals surface area contributed by atoms with Crippen molar-refractivity contribution in [3.05, 3.63) is 58.7 Å². The Labute approximate surface area is 135 Å².